The minimum atomic E-state index is 0. The molecule has 0 bridgehead atoms. The summed E-state index contributed by atoms with van der Waals surface area (Å²) in [5.74, 6) is 1.12. The topological polar surface area (TPSA) is 43.3 Å². The Kier molecular flexibility index (Phi) is 6.19. The van der Waals surface area contributed by atoms with Gasteiger partial charge in [0.1, 0.15) is 5.75 Å². The summed E-state index contributed by atoms with van der Waals surface area (Å²) in [6.45, 7) is 1.69. The maximum absolute atomic E-state index is 12.4. The second-order valence-corrected chi connectivity index (χ2v) is 6.80. The van der Waals surface area contributed by atoms with Crippen LogP contribution in [0.3, 0.4) is 0 Å². The van der Waals surface area contributed by atoms with E-state index in [1.807, 2.05) is 22.8 Å². The molecule has 4 nitrogen and oxygen atoms in total. The lowest BCUT2D eigenvalue weighted by molar-refractivity contribution is 0.0889. The third-order valence-electron chi connectivity index (χ3n) is 5.16. The van der Waals surface area contributed by atoms with Crippen molar-refractivity contribution in [2.45, 2.75) is 32.2 Å². The zero-order valence-electron chi connectivity index (χ0n) is 15.5. The van der Waals surface area contributed by atoms with E-state index in [0.29, 0.717) is 6.42 Å². The number of carbonyl (C=O) groups excluding carboxylic acids is 1. The summed E-state index contributed by atoms with van der Waals surface area (Å²) >= 11 is 0. The van der Waals surface area contributed by atoms with E-state index < -0.39 is 0 Å². The summed E-state index contributed by atoms with van der Waals surface area (Å²) in [6, 6.07) is 16.4. The highest BCUT2D eigenvalue weighted by Gasteiger charge is 2.23. The number of aromatic nitrogens is 1. The Hall–Kier alpha value is -2.30. The van der Waals surface area contributed by atoms with Gasteiger partial charge in [0.15, 0.2) is 0 Å². The SMILES string of the molecule is COc1cccc(CNCCc2c3n(c4ccccc24)C(=O)CCC3)c1.Cl. The van der Waals surface area contributed by atoms with Gasteiger partial charge in [-0.15, -0.1) is 12.4 Å². The van der Waals surface area contributed by atoms with Crippen LogP contribution in [0.4, 0.5) is 0 Å². The summed E-state index contributed by atoms with van der Waals surface area (Å²) in [4.78, 5) is 12.4. The predicted octanol–water partition coefficient (Wildman–Crippen LogP) is 4.38. The smallest absolute Gasteiger partial charge is 0.231 e. The Bertz CT molecular complexity index is 949. The molecular formula is C22H25ClN2O2. The number of fused-ring (bicyclic) bond motifs is 3. The number of methoxy groups -OCH3 is 1. The first kappa shape index (κ1) is 19.5. The molecule has 1 aliphatic heterocycles. The molecule has 0 fully saturated rings. The molecule has 0 radical (unpaired) electrons. The third-order valence-corrected chi connectivity index (χ3v) is 5.16. The number of benzene rings is 2. The molecule has 0 unspecified atom stereocenters. The van der Waals surface area contributed by atoms with Gasteiger partial charge in [-0.3, -0.25) is 9.36 Å². The minimum absolute atomic E-state index is 0. The van der Waals surface area contributed by atoms with Gasteiger partial charge in [0.05, 0.1) is 12.6 Å². The van der Waals surface area contributed by atoms with Gasteiger partial charge in [-0.2, -0.15) is 0 Å². The second kappa shape index (κ2) is 8.59. The average molecular weight is 385 g/mol. The van der Waals surface area contributed by atoms with Gasteiger partial charge in [0.2, 0.25) is 5.91 Å². The van der Waals surface area contributed by atoms with E-state index in [2.05, 4.69) is 35.6 Å². The van der Waals surface area contributed by atoms with Crippen LogP contribution >= 0.6 is 12.4 Å². The highest BCUT2D eigenvalue weighted by molar-refractivity contribution is 5.96. The lowest BCUT2D eigenvalue weighted by Crippen LogP contribution is -2.21. The van der Waals surface area contributed by atoms with Gasteiger partial charge in [0.25, 0.3) is 0 Å². The van der Waals surface area contributed by atoms with Gasteiger partial charge in [-0.05, 0) is 55.1 Å². The van der Waals surface area contributed by atoms with Gasteiger partial charge in [-0.25, -0.2) is 0 Å². The van der Waals surface area contributed by atoms with Crippen molar-refractivity contribution in [3.63, 3.8) is 0 Å². The Morgan fingerprint density at radius 1 is 1.11 bits per heavy atom. The van der Waals surface area contributed by atoms with Crippen LogP contribution in [0, 0.1) is 0 Å². The number of nitrogens with one attached hydrogen (secondary N) is 1. The quantitative estimate of drug-likeness (QED) is 0.641. The van der Waals surface area contributed by atoms with Crippen LogP contribution in [0.15, 0.2) is 48.5 Å². The van der Waals surface area contributed by atoms with E-state index in [4.69, 9.17) is 4.74 Å². The van der Waals surface area contributed by atoms with E-state index in [0.717, 1.165) is 43.6 Å². The monoisotopic (exact) mass is 384 g/mol. The number of nitrogens with zero attached hydrogens (tertiary/aromatic N) is 1. The lowest BCUT2D eigenvalue weighted by atomic mass is 10.0. The van der Waals surface area contributed by atoms with Gasteiger partial charge >= 0.3 is 0 Å². The van der Waals surface area contributed by atoms with Crippen LogP contribution in [0.25, 0.3) is 10.9 Å². The molecule has 142 valence electrons. The molecule has 2 heterocycles. The van der Waals surface area contributed by atoms with Gasteiger partial charge < -0.3 is 10.1 Å². The number of para-hydroxylation sites is 1. The maximum Gasteiger partial charge on any atom is 0.231 e. The van der Waals surface area contributed by atoms with Crippen molar-refractivity contribution in [1.29, 1.82) is 0 Å². The summed E-state index contributed by atoms with van der Waals surface area (Å²) in [6.07, 6.45) is 3.53. The Morgan fingerprint density at radius 2 is 1.96 bits per heavy atom. The number of carbonyl (C=O) groups is 1. The van der Waals surface area contributed by atoms with E-state index in [1.54, 1.807) is 7.11 Å². The Morgan fingerprint density at radius 3 is 2.81 bits per heavy atom. The average Bonchev–Trinajstić information content (AvgIpc) is 3.00. The molecule has 0 saturated carbocycles. The van der Waals surface area contributed by atoms with Crippen LogP contribution in [0.2, 0.25) is 0 Å². The zero-order chi connectivity index (χ0) is 17.9. The molecule has 4 rings (SSSR count). The Balaban J connectivity index is 0.00000210. The van der Waals surface area contributed by atoms with Crippen LogP contribution in [0.5, 0.6) is 5.75 Å². The largest absolute Gasteiger partial charge is 0.497 e. The van der Waals surface area contributed by atoms with Crippen molar-refractivity contribution < 1.29 is 9.53 Å². The van der Waals surface area contributed by atoms with E-state index in [-0.39, 0.29) is 18.3 Å². The highest BCUT2D eigenvalue weighted by Crippen LogP contribution is 2.30. The number of ether oxygens (including phenoxy) is 1. The molecule has 0 atom stereocenters. The first-order chi connectivity index (χ1) is 12.8. The number of halogens is 1. The standard InChI is InChI=1S/C22H24N2O2.ClH/c1-26-17-7-4-6-16(14-17)15-23-13-12-19-18-8-2-3-9-20(18)24-21(19)10-5-11-22(24)25;/h2-4,6-9,14,23H,5,10-13,15H2,1H3;1H. The minimum Gasteiger partial charge on any atom is -0.497 e. The second-order valence-electron chi connectivity index (χ2n) is 6.80. The summed E-state index contributed by atoms with van der Waals surface area (Å²) in [7, 11) is 1.69. The fourth-order valence-corrected chi connectivity index (χ4v) is 3.93. The molecule has 0 aliphatic carbocycles. The third kappa shape index (κ3) is 3.87. The normalized spacial score (nSPS) is 13.3. The zero-order valence-corrected chi connectivity index (χ0v) is 16.3. The fourth-order valence-electron chi connectivity index (χ4n) is 3.93. The van der Waals surface area contributed by atoms with Crippen molar-refractivity contribution in [1.82, 2.24) is 9.88 Å². The van der Waals surface area contributed by atoms with Gasteiger partial charge in [0, 0.05) is 24.0 Å². The van der Waals surface area contributed by atoms with Gasteiger partial charge in [-0.1, -0.05) is 30.3 Å². The van der Waals surface area contributed by atoms with Crippen molar-refractivity contribution in [3.8, 4) is 5.75 Å². The van der Waals surface area contributed by atoms with E-state index in [1.165, 1.54) is 22.2 Å². The molecular weight excluding hydrogens is 360 g/mol. The first-order valence-electron chi connectivity index (χ1n) is 9.26. The van der Waals surface area contributed by atoms with Crippen LogP contribution in [0.1, 0.15) is 34.5 Å². The lowest BCUT2D eigenvalue weighted by Gasteiger charge is -2.16. The van der Waals surface area contributed by atoms with Crippen molar-refractivity contribution >= 4 is 29.2 Å². The number of hydrogen-bond acceptors (Lipinski definition) is 3. The first-order valence-corrected chi connectivity index (χ1v) is 9.26. The van der Waals surface area contributed by atoms with Crippen molar-refractivity contribution in [2.75, 3.05) is 13.7 Å². The molecule has 0 amide bonds. The van der Waals surface area contributed by atoms with E-state index in [9.17, 15) is 4.79 Å². The fraction of sp³-hybridized carbons (Fsp3) is 0.318. The molecule has 2 aromatic carbocycles. The number of rotatable bonds is 6. The van der Waals surface area contributed by atoms with Crippen molar-refractivity contribution in [3.05, 3.63) is 65.4 Å². The molecule has 1 aromatic heterocycles. The molecule has 27 heavy (non-hydrogen) atoms. The predicted molar refractivity (Wildman–Crippen MR) is 111 cm³/mol. The summed E-state index contributed by atoms with van der Waals surface area (Å²) in [5, 5.41) is 4.75. The van der Waals surface area contributed by atoms with Crippen LogP contribution in [-0.2, 0) is 19.4 Å². The Labute approximate surface area is 165 Å². The van der Waals surface area contributed by atoms with E-state index >= 15 is 0 Å². The summed E-state index contributed by atoms with van der Waals surface area (Å²) in [5.41, 5.74) is 4.82. The molecule has 3 aromatic rings. The van der Waals surface area contributed by atoms with Crippen LogP contribution in [-0.4, -0.2) is 24.1 Å². The molecule has 1 N–H and O–H groups in total. The van der Waals surface area contributed by atoms with Crippen LogP contribution < -0.4 is 10.1 Å². The number of hydrogen-bond donors (Lipinski definition) is 1. The van der Waals surface area contributed by atoms with Crippen molar-refractivity contribution in [2.24, 2.45) is 0 Å². The molecule has 1 aliphatic rings. The highest BCUT2D eigenvalue weighted by atomic mass is 35.5. The molecule has 0 saturated heterocycles. The molecule has 5 heteroatoms. The summed E-state index contributed by atoms with van der Waals surface area (Å²) < 4.78 is 7.23. The molecule has 0 spiro atoms. The maximum atomic E-state index is 12.4.